The van der Waals surface area contributed by atoms with Gasteiger partial charge in [0.05, 0.1) is 5.69 Å². The largest absolute Gasteiger partial charge is 0.337 e. The Morgan fingerprint density at radius 1 is 1.14 bits per heavy atom. The van der Waals surface area contributed by atoms with Gasteiger partial charge in [-0.05, 0) is 24.1 Å². The van der Waals surface area contributed by atoms with E-state index in [2.05, 4.69) is 34.1 Å². The standard InChI is InChI=1S/C15H17N5O/c1-11(2)9-14-18-15(21-19-14)10-20-13(5-8-17-20)12-3-6-16-7-4-12/h3-8,11H,9-10H2,1-2H3. The molecule has 0 aliphatic carbocycles. The van der Waals surface area contributed by atoms with Crippen LogP contribution >= 0.6 is 0 Å². The minimum Gasteiger partial charge on any atom is -0.337 e. The van der Waals surface area contributed by atoms with Gasteiger partial charge in [0, 0.05) is 30.6 Å². The lowest BCUT2D eigenvalue weighted by molar-refractivity contribution is 0.360. The summed E-state index contributed by atoms with van der Waals surface area (Å²) in [6.45, 7) is 4.73. The van der Waals surface area contributed by atoms with Gasteiger partial charge >= 0.3 is 0 Å². The van der Waals surface area contributed by atoms with E-state index in [1.165, 1.54) is 0 Å². The lowest BCUT2D eigenvalue weighted by Crippen LogP contribution is -2.04. The molecule has 3 aromatic heterocycles. The molecule has 3 heterocycles. The molecule has 0 atom stereocenters. The number of nitrogens with zero attached hydrogens (tertiary/aromatic N) is 5. The third-order valence-corrected chi connectivity index (χ3v) is 3.08. The number of rotatable bonds is 5. The summed E-state index contributed by atoms with van der Waals surface area (Å²) >= 11 is 0. The van der Waals surface area contributed by atoms with Crippen LogP contribution < -0.4 is 0 Å². The predicted molar refractivity (Wildman–Crippen MR) is 77.4 cm³/mol. The molecule has 3 aromatic rings. The molecular formula is C15H17N5O. The van der Waals surface area contributed by atoms with E-state index in [9.17, 15) is 0 Å². The monoisotopic (exact) mass is 283 g/mol. The van der Waals surface area contributed by atoms with Crippen LogP contribution in [0.15, 0.2) is 41.3 Å². The van der Waals surface area contributed by atoms with Crippen LogP contribution in [-0.2, 0) is 13.0 Å². The Hall–Kier alpha value is -2.50. The molecule has 6 nitrogen and oxygen atoms in total. The van der Waals surface area contributed by atoms with E-state index >= 15 is 0 Å². The lowest BCUT2D eigenvalue weighted by atomic mass is 10.1. The fourth-order valence-electron chi connectivity index (χ4n) is 2.16. The Labute approximate surface area is 122 Å². The number of hydrogen-bond acceptors (Lipinski definition) is 5. The van der Waals surface area contributed by atoms with Crippen molar-refractivity contribution in [1.29, 1.82) is 0 Å². The van der Waals surface area contributed by atoms with Gasteiger partial charge in [-0.1, -0.05) is 19.0 Å². The van der Waals surface area contributed by atoms with Crippen molar-refractivity contribution in [3.8, 4) is 11.3 Å². The molecule has 0 bridgehead atoms. The first kappa shape index (κ1) is 13.5. The van der Waals surface area contributed by atoms with Crippen LogP contribution in [0.3, 0.4) is 0 Å². The zero-order valence-electron chi connectivity index (χ0n) is 12.1. The minimum atomic E-state index is 0.468. The second-order valence-electron chi connectivity index (χ2n) is 5.31. The second kappa shape index (κ2) is 5.87. The highest BCUT2D eigenvalue weighted by molar-refractivity contribution is 5.58. The predicted octanol–water partition coefficient (Wildman–Crippen LogP) is 2.57. The van der Waals surface area contributed by atoms with E-state index in [-0.39, 0.29) is 0 Å². The van der Waals surface area contributed by atoms with Gasteiger partial charge in [0.25, 0.3) is 0 Å². The molecular weight excluding hydrogens is 266 g/mol. The summed E-state index contributed by atoms with van der Waals surface area (Å²) in [5.41, 5.74) is 2.06. The van der Waals surface area contributed by atoms with Crippen LogP contribution in [0.25, 0.3) is 11.3 Å². The Bertz CT molecular complexity index is 702. The van der Waals surface area contributed by atoms with Crippen LogP contribution in [0.4, 0.5) is 0 Å². The smallest absolute Gasteiger partial charge is 0.248 e. The normalized spacial score (nSPS) is 11.2. The Morgan fingerprint density at radius 2 is 1.95 bits per heavy atom. The average Bonchev–Trinajstić information content (AvgIpc) is 3.09. The third kappa shape index (κ3) is 3.16. The van der Waals surface area contributed by atoms with Gasteiger partial charge in [-0.2, -0.15) is 10.1 Å². The van der Waals surface area contributed by atoms with E-state index in [0.717, 1.165) is 23.5 Å². The Kier molecular flexibility index (Phi) is 3.77. The molecule has 0 saturated carbocycles. The van der Waals surface area contributed by atoms with Gasteiger partial charge in [0.15, 0.2) is 5.82 Å². The third-order valence-electron chi connectivity index (χ3n) is 3.08. The van der Waals surface area contributed by atoms with Crippen molar-refractivity contribution in [3.63, 3.8) is 0 Å². The highest BCUT2D eigenvalue weighted by atomic mass is 16.5. The van der Waals surface area contributed by atoms with Crippen molar-refractivity contribution in [2.45, 2.75) is 26.8 Å². The molecule has 0 aromatic carbocycles. The van der Waals surface area contributed by atoms with Crippen molar-refractivity contribution in [2.24, 2.45) is 5.92 Å². The molecule has 0 unspecified atom stereocenters. The van der Waals surface area contributed by atoms with E-state index in [1.54, 1.807) is 18.6 Å². The molecule has 0 aliphatic heterocycles. The van der Waals surface area contributed by atoms with Gasteiger partial charge in [-0.25, -0.2) is 0 Å². The molecule has 6 heteroatoms. The molecule has 0 radical (unpaired) electrons. The molecule has 21 heavy (non-hydrogen) atoms. The van der Waals surface area contributed by atoms with Crippen LogP contribution in [0.5, 0.6) is 0 Å². The van der Waals surface area contributed by atoms with Crippen molar-refractivity contribution in [2.75, 3.05) is 0 Å². The molecule has 0 N–H and O–H groups in total. The van der Waals surface area contributed by atoms with Crippen LogP contribution in [-0.4, -0.2) is 24.9 Å². The highest BCUT2D eigenvalue weighted by Crippen LogP contribution is 2.18. The SMILES string of the molecule is CC(C)Cc1noc(Cn2nccc2-c2ccncc2)n1. The molecule has 0 amide bonds. The first-order valence-electron chi connectivity index (χ1n) is 6.96. The molecule has 0 spiro atoms. The van der Waals surface area contributed by atoms with Crippen LogP contribution in [0, 0.1) is 5.92 Å². The minimum absolute atomic E-state index is 0.468. The average molecular weight is 283 g/mol. The summed E-state index contributed by atoms with van der Waals surface area (Å²) in [7, 11) is 0. The van der Waals surface area contributed by atoms with E-state index in [0.29, 0.717) is 18.4 Å². The summed E-state index contributed by atoms with van der Waals surface area (Å²) in [5.74, 6) is 1.83. The maximum atomic E-state index is 5.30. The topological polar surface area (TPSA) is 69.6 Å². The zero-order chi connectivity index (χ0) is 14.7. The zero-order valence-corrected chi connectivity index (χ0v) is 12.1. The molecule has 108 valence electrons. The van der Waals surface area contributed by atoms with Gasteiger partial charge < -0.3 is 4.52 Å². The van der Waals surface area contributed by atoms with Crippen molar-refractivity contribution in [3.05, 3.63) is 48.5 Å². The summed E-state index contributed by atoms with van der Waals surface area (Å²) in [5, 5.41) is 8.33. The summed E-state index contributed by atoms with van der Waals surface area (Å²) in [6.07, 6.45) is 6.11. The highest BCUT2D eigenvalue weighted by Gasteiger charge is 2.11. The maximum Gasteiger partial charge on any atom is 0.248 e. The number of pyridine rings is 1. The summed E-state index contributed by atoms with van der Waals surface area (Å²) < 4.78 is 7.14. The Balaban J connectivity index is 1.80. The van der Waals surface area contributed by atoms with Gasteiger partial charge in [-0.3, -0.25) is 9.67 Å². The summed E-state index contributed by atoms with van der Waals surface area (Å²) in [6, 6.07) is 5.86. The van der Waals surface area contributed by atoms with Crippen molar-refractivity contribution < 1.29 is 4.52 Å². The van der Waals surface area contributed by atoms with Gasteiger partial charge in [0.1, 0.15) is 6.54 Å². The quantitative estimate of drug-likeness (QED) is 0.719. The molecule has 3 rings (SSSR count). The number of aromatic nitrogens is 5. The van der Waals surface area contributed by atoms with Crippen LogP contribution in [0.1, 0.15) is 25.6 Å². The number of hydrogen-bond donors (Lipinski definition) is 0. The second-order valence-corrected chi connectivity index (χ2v) is 5.31. The molecule has 0 saturated heterocycles. The first-order chi connectivity index (χ1) is 10.2. The van der Waals surface area contributed by atoms with E-state index in [4.69, 9.17) is 4.52 Å². The van der Waals surface area contributed by atoms with Gasteiger partial charge in [-0.15, -0.1) is 0 Å². The fourth-order valence-corrected chi connectivity index (χ4v) is 2.16. The van der Waals surface area contributed by atoms with Gasteiger partial charge in [0.2, 0.25) is 5.89 Å². The Morgan fingerprint density at radius 3 is 2.71 bits per heavy atom. The van der Waals surface area contributed by atoms with Crippen molar-refractivity contribution >= 4 is 0 Å². The van der Waals surface area contributed by atoms with Crippen LogP contribution in [0.2, 0.25) is 0 Å². The fraction of sp³-hybridized carbons (Fsp3) is 0.333. The summed E-state index contributed by atoms with van der Waals surface area (Å²) in [4.78, 5) is 8.44. The maximum absolute atomic E-state index is 5.30. The van der Waals surface area contributed by atoms with Crippen molar-refractivity contribution in [1.82, 2.24) is 24.9 Å². The lowest BCUT2D eigenvalue weighted by Gasteiger charge is -2.04. The first-order valence-corrected chi connectivity index (χ1v) is 6.96. The van der Waals surface area contributed by atoms with E-state index in [1.807, 2.05) is 22.9 Å². The molecule has 0 fully saturated rings. The molecule has 0 aliphatic rings. The van der Waals surface area contributed by atoms with E-state index < -0.39 is 0 Å².